The fraction of sp³-hybridized carbons (Fsp3) is 0.348. The summed E-state index contributed by atoms with van der Waals surface area (Å²) in [4.78, 5) is 35.1. The van der Waals surface area contributed by atoms with Gasteiger partial charge in [0.15, 0.2) is 5.17 Å². The molecule has 1 aromatic carbocycles. The van der Waals surface area contributed by atoms with E-state index < -0.39 is 0 Å². The molecule has 0 saturated carbocycles. The zero-order valence-corrected chi connectivity index (χ0v) is 20.3. The number of nitrogens with zero attached hydrogens (tertiary/aromatic N) is 3. The van der Waals surface area contributed by atoms with Crippen LogP contribution in [-0.2, 0) is 9.59 Å². The lowest BCUT2D eigenvalue weighted by molar-refractivity contribution is -0.131. The highest BCUT2D eigenvalue weighted by Gasteiger charge is 2.33. The number of rotatable bonds is 5. The van der Waals surface area contributed by atoms with Crippen molar-refractivity contribution in [1.29, 1.82) is 0 Å². The Balaban J connectivity index is 1.60. The van der Waals surface area contributed by atoms with Crippen LogP contribution in [-0.4, -0.2) is 47.3 Å². The van der Waals surface area contributed by atoms with Gasteiger partial charge < -0.3 is 9.64 Å². The molecule has 1 aromatic heterocycles. The molecule has 9 heteroatoms. The molecule has 2 aromatic rings. The fourth-order valence-electron chi connectivity index (χ4n) is 3.80. The van der Waals surface area contributed by atoms with E-state index in [1.807, 2.05) is 22.4 Å². The minimum Gasteiger partial charge on any atom is -0.495 e. The molecule has 1 unspecified atom stereocenters. The van der Waals surface area contributed by atoms with Crippen LogP contribution in [0.2, 0.25) is 5.02 Å². The number of likely N-dealkylation sites (tertiary alicyclic amines) is 1. The molecule has 2 aliphatic heterocycles. The van der Waals surface area contributed by atoms with Gasteiger partial charge in [0.05, 0.1) is 23.6 Å². The number of benzene rings is 1. The van der Waals surface area contributed by atoms with Crippen LogP contribution in [0.25, 0.3) is 6.08 Å². The van der Waals surface area contributed by atoms with Crippen LogP contribution in [0.15, 0.2) is 46.4 Å². The molecule has 1 atom stereocenters. The lowest BCUT2D eigenvalue weighted by Gasteiger charge is -2.33. The first-order chi connectivity index (χ1) is 15.5. The Labute approximate surface area is 200 Å². The van der Waals surface area contributed by atoms with Gasteiger partial charge in [0.2, 0.25) is 5.91 Å². The Morgan fingerprint density at radius 1 is 1.38 bits per heavy atom. The van der Waals surface area contributed by atoms with Gasteiger partial charge in [-0.1, -0.05) is 29.4 Å². The third kappa shape index (κ3) is 4.87. The Hall–Kier alpha value is -2.29. The number of aliphatic imine (C=N–C) groups is 1. The molecule has 0 radical (unpaired) electrons. The number of amidine groups is 1. The average molecular weight is 490 g/mol. The summed E-state index contributed by atoms with van der Waals surface area (Å²) < 4.78 is 5.23. The van der Waals surface area contributed by atoms with Crippen LogP contribution < -0.4 is 9.64 Å². The molecule has 0 aliphatic carbocycles. The summed E-state index contributed by atoms with van der Waals surface area (Å²) in [6.45, 7) is 2.87. The summed E-state index contributed by atoms with van der Waals surface area (Å²) in [7, 11) is 1.54. The van der Waals surface area contributed by atoms with Gasteiger partial charge in [-0.15, -0.1) is 11.3 Å². The minimum absolute atomic E-state index is 0.0701. The Morgan fingerprint density at radius 2 is 2.22 bits per heavy atom. The molecule has 6 nitrogen and oxygen atoms in total. The van der Waals surface area contributed by atoms with Crippen molar-refractivity contribution in [3.8, 4) is 5.75 Å². The fourth-order valence-corrected chi connectivity index (χ4v) is 5.60. The van der Waals surface area contributed by atoms with E-state index in [0.717, 1.165) is 30.7 Å². The maximum absolute atomic E-state index is 13.3. The average Bonchev–Trinajstić information content (AvgIpc) is 3.40. The van der Waals surface area contributed by atoms with E-state index in [1.54, 1.807) is 31.4 Å². The molecule has 32 heavy (non-hydrogen) atoms. The van der Waals surface area contributed by atoms with E-state index in [-0.39, 0.29) is 23.6 Å². The standard InChI is InChI=1S/C23H24ClN3O3S2/c1-15-6-3-4-10-26(15)21(28)14-32-23-25-19(13-17-7-5-11-31-17)22(29)27(23)16-8-9-20(30-2)18(24)12-16/h5,7-9,11-13,15H,3-4,6,10,14H2,1-2H3/b19-13+. The SMILES string of the molecule is COc1ccc(N2C(=O)/C(=C\c3cccs3)N=C2SCC(=O)N2CCCCC2C)cc1Cl. The normalized spacial score (nSPS) is 20.1. The predicted octanol–water partition coefficient (Wildman–Crippen LogP) is 5.29. The molecule has 168 valence electrons. The number of carbonyl (C=O) groups excluding carboxylic acids is 2. The van der Waals surface area contributed by atoms with Gasteiger partial charge in [-0.05, 0) is 61.9 Å². The van der Waals surface area contributed by atoms with Crippen LogP contribution in [0, 0.1) is 0 Å². The number of amides is 2. The predicted molar refractivity (Wildman–Crippen MR) is 133 cm³/mol. The summed E-state index contributed by atoms with van der Waals surface area (Å²) in [6, 6.07) is 9.26. The molecule has 0 N–H and O–H groups in total. The van der Waals surface area contributed by atoms with Gasteiger partial charge in [-0.2, -0.15) is 0 Å². The number of piperidine rings is 1. The Morgan fingerprint density at radius 3 is 2.91 bits per heavy atom. The second-order valence-electron chi connectivity index (χ2n) is 7.62. The minimum atomic E-state index is -0.249. The summed E-state index contributed by atoms with van der Waals surface area (Å²) in [5.41, 5.74) is 0.918. The highest BCUT2D eigenvalue weighted by molar-refractivity contribution is 8.14. The molecule has 1 saturated heterocycles. The first kappa shape index (κ1) is 22.9. The van der Waals surface area contributed by atoms with E-state index in [2.05, 4.69) is 11.9 Å². The molecule has 0 spiro atoms. The summed E-state index contributed by atoms with van der Waals surface area (Å²) in [5, 5.41) is 2.82. The van der Waals surface area contributed by atoms with Crippen LogP contribution >= 0.6 is 34.7 Å². The van der Waals surface area contributed by atoms with Crippen LogP contribution in [0.5, 0.6) is 5.75 Å². The van der Waals surface area contributed by atoms with E-state index in [0.29, 0.717) is 27.3 Å². The number of hydrogen-bond acceptors (Lipinski definition) is 6. The molecule has 1 fully saturated rings. The molecule has 0 bridgehead atoms. The summed E-state index contributed by atoms with van der Waals surface area (Å²) in [6.07, 6.45) is 4.99. The second-order valence-corrected chi connectivity index (χ2v) is 9.95. The molecular formula is C23H24ClN3O3S2. The summed E-state index contributed by atoms with van der Waals surface area (Å²) in [5.74, 6) is 0.571. The van der Waals surface area contributed by atoms with Gasteiger partial charge in [0.25, 0.3) is 5.91 Å². The molecule has 2 amide bonds. The molecule has 2 aliphatic rings. The van der Waals surface area contributed by atoms with Crippen LogP contribution in [0.3, 0.4) is 0 Å². The van der Waals surface area contributed by atoms with Crippen molar-refractivity contribution in [3.63, 3.8) is 0 Å². The first-order valence-electron chi connectivity index (χ1n) is 10.4. The zero-order valence-electron chi connectivity index (χ0n) is 17.9. The number of carbonyl (C=O) groups is 2. The topological polar surface area (TPSA) is 62.2 Å². The lowest BCUT2D eigenvalue weighted by atomic mass is 10.0. The van der Waals surface area contributed by atoms with Crippen molar-refractivity contribution >= 4 is 63.4 Å². The van der Waals surface area contributed by atoms with Crippen molar-refractivity contribution in [2.45, 2.75) is 32.2 Å². The van der Waals surface area contributed by atoms with Crippen LogP contribution in [0.4, 0.5) is 5.69 Å². The zero-order chi connectivity index (χ0) is 22.7. The number of thiophene rings is 1. The largest absolute Gasteiger partial charge is 0.495 e. The van der Waals surface area contributed by atoms with Crippen molar-refractivity contribution < 1.29 is 14.3 Å². The van der Waals surface area contributed by atoms with Crippen LogP contribution in [0.1, 0.15) is 31.1 Å². The van der Waals surface area contributed by atoms with E-state index in [1.165, 1.54) is 28.0 Å². The molecule has 3 heterocycles. The van der Waals surface area contributed by atoms with Crippen molar-refractivity contribution in [1.82, 2.24) is 4.90 Å². The number of ether oxygens (including phenoxy) is 1. The number of thioether (sulfide) groups is 1. The third-order valence-corrected chi connectivity index (χ3v) is 7.53. The lowest BCUT2D eigenvalue weighted by Crippen LogP contribution is -2.43. The third-order valence-electron chi connectivity index (χ3n) is 5.49. The quantitative estimate of drug-likeness (QED) is 0.535. The Bertz CT molecular complexity index is 1070. The maximum Gasteiger partial charge on any atom is 0.283 e. The highest BCUT2D eigenvalue weighted by Crippen LogP contribution is 2.34. The Kier molecular flexibility index (Phi) is 7.23. The summed E-state index contributed by atoms with van der Waals surface area (Å²) >= 11 is 9.13. The van der Waals surface area contributed by atoms with Gasteiger partial charge >= 0.3 is 0 Å². The van der Waals surface area contributed by atoms with Gasteiger partial charge in [0, 0.05) is 17.5 Å². The number of methoxy groups -OCH3 is 1. The number of hydrogen-bond donors (Lipinski definition) is 0. The van der Waals surface area contributed by atoms with E-state index >= 15 is 0 Å². The number of halogens is 1. The van der Waals surface area contributed by atoms with Crippen molar-refractivity contribution in [2.24, 2.45) is 4.99 Å². The first-order valence-corrected chi connectivity index (χ1v) is 12.7. The smallest absolute Gasteiger partial charge is 0.283 e. The monoisotopic (exact) mass is 489 g/mol. The number of anilines is 1. The van der Waals surface area contributed by atoms with Gasteiger partial charge in [0.1, 0.15) is 11.4 Å². The highest BCUT2D eigenvalue weighted by atomic mass is 35.5. The van der Waals surface area contributed by atoms with E-state index in [9.17, 15) is 9.59 Å². The van der Waals surface area contributed by atoms with Gasteiger partial charge in [-0.3, -0.25) is 14.5 Å². The maximum atomic E-state index is 13.3. The molecule has 4 rings (SSSR count). The van der Waals surface area contributed by atoms with E-state index in [4.69, 9.17) is 16.3 Å². The second kappa shape index (κ2) is 10.1. The van der Waals surface area contributed by atoms with Crippen molar-refractivity contribution in [2.75, 3.05) is 24.3 Å². The van der Waals surface area contributed by atoms with Crippen molar-refractivity contribution in [3.05, 3.63) is 51.3 Å². The molecular weight excluding hydrogens is 466 g/mol. The van der Waals surface area contributed by atoms with Gasteiger partial charge in [-0.25, -0.2) is 4.99 Å².